The molecule has 4 rings (SSSR count). The van der Waals surface area contributed by atoms with E-state index in [2.05, 4.69) is 15.3 Å². The highest BCUT2D eigenvalue weighted by molar-refractivity contribution is 7.17. The van der Waals surface area contributed by atoms with Crippen LogP contribution in [0.3, 0.4) is 0 Å². The van der Waals surface area contributed by atoms with Gasteiger partial charge in [-0.2, -0.15) is 9.61 Å². The Bertz CT molecular complexity index is 1140. The highest BCUT2D eigenvalue weighted by Gasteiger charge is 2.13. The van der Waals surface area contributed by atoms with Crippen LogP contribution in [0.5, 0.6) is 11.5 Å². The van der Waals surface area contributed by atoms with Crippen LogP contribution in [0.15, 0.2) is 42.5 Å². The van der Waals surface area contributed by atoms with E-state index in [1.54, 1.807) is 30.9 Å². The molecular weight excluding hydrogens is 367 g/mol. The zero-order valence-electron chi connectivity index (χ0n) is 14.6. The molecule has 0 N–H and O–H groups in total. The minimum atomic E-state index is -0.326. The van der Waals surface area contributed by atoms with E-state index in [-0.39, 0.29) is 5.82 Å². The molecule has 6 nitrogen and oxygen atoms in total. The fraction of sp³-hybridized carbons (Fsp3) is 0.105. The minimum Gasteiger partial charge on any atom is -0.493 e. The Morgan fingerprint density at radius 1 is 1.00 bits per heavy atom. The van der Waals surface area contributed by atoms with E-state index >= 15 is 0 Å². The molecule has 0 saturated carbocycles. The highest BCUT2D eigenvalue weighted by Crippen LogP contribution is 2.29. The average Bonchev–Trinajstić information content (AvgIpc) is 3.26. The van der Waals surface area contributed by atoms with Gasteiger partial charge in [0.1, 0.15) is 10.8 Å². The standard InChI is InChI=1S/C19H15FN4O2S/c1-25-15-8-6-12(10-16(15)26-2)7-9-17-23-24-18(21-22-19(24)27-17)13-4-3-5-14(20)11-13/h3-11H,1-2H3/b9-7-. The number of rotatable bonds is 5. The number of nitrogens with zero attached hydrogens (tertiary/aromatic N) is 4. The Labute approximate surface area is 158 Å². The molecule has 0 saturated heterocycles. The molecule has 0 unspecified atom stereocenters. The van der Waals surface area contributed by atoms with Gasteiger partial charge in [0.2, 0.25) is 4.96 Å². The van der Waals surface area contributed by atoms with Gasteiger partial charge in [-0.25, -0.2) is 4.39 Å². The van der Waals surface area contributed by atoms with Gasteiger partial charge in [0.05, 0.1) is 14.2 Å². The van der Waals surface area contributed by atoms with Crippen LogP contribution < -0.4 is 9.47 Å². The van der Waals surface area contributed by atoms with E-state index in [1.165, 1.54) is 23.5 Å². The van der Waals surface area contributed by atoms with E-state index in [0.29, 0.717) is 27.8 Å². The maximum Gasteiger partial charge on any atom is 0.235 e. The third-order valence-electron chi connectivity index (χ3n) is 3.92. The normalized spacial score (nSPS) is 11.4. The summed E-state index contributed by atoms with van der Waals surface area (Å²) in [4.78, 5) is 0.640. The Hall–Kier alpha value is -3.26. The first kappa shape index (κ1) is 17.2. The molecule has 27 heavy (non-hydrogen) atoms. The van der Waals surface area contributed by atoms with Crippen LogP contribution in [0.1, 0.15) is 10.6 Å². The number of benzene rings is 2. The van der Waals surface area contributed by atoms with Crippen LogP contribution in [0.4, 0.5) is 4.39 Å². The van der Waals surface area contributed by atoms with Crippen LogP contribution in [0.2, 0.25) is 0 Å². The molecule has 2 aromatic heterocycles. The largest absolute Gasteiger partial charge is 0.493 e. The van der Waals surface area contributed by atoms with Crippen LogP contribution in [0.25, 0.3) is 28.5 Å². The van der Waals surface area contributed by atoms with E-state index in [4.69, 9.17) is 9.47 Å². The molecule has 2 aromatic carbocycles. The fourth-order valence-corrected chi connectivity index (χ4v) is 3.37. The maximum absolute atomic E-state index is 13.5. The summed E-state index contributed by atoms with van der Waals surface area (Å²) in [5, 5.41) is 13.5. The van der Waals surface area contributed by atoms with Gasteiger partial charge in [-0.15, -0.1) is 10.2 Å². The van der Waals surface area contributed by atoms with Crippen molar-refractivity contribution in [3.05, 3.63) is 58.9 Å². The first-order chi connectivity index (χ1) is 13.2. The van der Waals surface area contributed by atoms with Crippen molar-refractivity contribution in [2.24, 2.45) is 0 Å². The summed E-state index contributed by atoms with van der Waals surface area (Å²) in [6.45, 7) is 0. The third-order valence-corrected chi connectivity index (χ3v) is 4.78. The van der Waals surface area contributed by atoms with Gasteiger partial charge in [-0.3, -0.25) is 0 Å². The molecule has 136 valence electrons. The van der Waals surface area contributed by atoms with Gasteiger partial charge in [-0.1, -0.05) is 35.6 Å². The quantitative estimate of drug-likeness (QED) is 0.518. The summed E-state index contributed by atoms with van der Waals surface area (Å²) < 4.78 is 25.7. The summed E-state index contributed by atoms with van der Waals surface area (Å²) in [6, 6.07) is 11.9. The SMILES string of the molecule is COc1ccc(/C=C\c2nn3c(-c4cccc(F)c4)nnc3s2)cc1OC. The summed E-state index contributed by atoms with van der Waals surface area (Å²) in [5.41, 5.74) is 1.58. The number of fused-ring (bicyclic) bond motifs is 1. The number of hydrogen-bond acceptors (Lipinski definition) is 6. The molecule has 8 heteroatoms. The zero-order chi connectivity index (χ0) is 18.8. The van der Waals surface area contributed by atoms with Gasteiger partial charge in [0.25, 0.3) is 0 Å². The van der Waals surface area contributed by atoms with E-state index in [9.17, 15) is 4.39 Å². The fourth-order valence-electron chi connectivity index (χ4n) is 2.63. The molecule has 4 aromatic rings. The topological polar surface area (TPSA) is 61.5 Å². The van der Waals surface area contributed by atoms with Gasteiger partial charge in [0.15, 0.2) is 17.3 Å². The van der Waals surface area contributed by atoms with Crippen molar-refractivity contribution in [1.29, 1.82) is 0 Å². The molecule has 2 heterocycles. The monoisotopic (exact) mass is 382 g/mol. The molecule has 0 atom stereocenters. The second-order valence-corrected chi connectivity index (χ2v) is 6.60. The first-order valence-corrected chi connectivity index (χ1v) is 8.88. The second kappa shape index (κ2) is 7.16. The van der Waals surface area contributed by atoms with Gasteiger partial charge >= 0.3 is 0 Å². The zero-order valence-corrected chi connectivity index (χ0v) is 15.4. The lowest BCUT2D eigenvalue weighted by Crippen LogP contribution is -1.91. The van der Waals surface area contributed by atoms with Gasteiger partial charge < -0.3 is 9.47 Å². The predicted molar refractivity (Wildman–Crippen MR) is 103 cm³/mol. The lowest BCUT2D eigenvalue weighted by molar-refractivity contribution is 0.355. The third kappa shape index (κ3) is 3.39. The number of ether oxygens (including phenoxy) is 2. The summed E-state index contributed by atoms with van der Waals surface area (Å²) in [7, 11) is 3.20. The number of methoxy groups -OCH3 is 2. The predicted octanol–water partition coefficient (Wildman–Crippen LogP) is 4.18. The van der Waals surface area contributed by atoms with Crippen molar-refractivity contribution in [1.82, 2.24) is 19.8 Å². The average molecular weight is 382 g/mol. The van der Waals surface area contributed by atoms with Crippen LogP contribution >= 0.6 is 11.3 Å². The van der Waals surface area contributed by atoms with Crippen molar-refractivity contribution in [2.75, 3.05) is 14.2 Å². The molecule has 0 aliphatic carbocycles. The molecule has 0 bridgehead atoms. The van der Waals surface area contributed by atoms with Crippen molar-refractivity contribution in [3.8, 4) is 22.9 Å². The summed E-state index contributed by atoms with van der Waals surface area (Å²) in [5.74, 6) is 1.51. The van der Waals surface area contributed by atoms with E-state index < -0.39 is 0 Å². The smallest absolute Gasteiger partial charge is 0.235 e. The van der Waals surface area contributed by atoms with Crippen LogP contribution in [-0.2, 0) is 0 Å². The number of aromatic nitrogens is 4. The Morgan fingerprint density at radius 2 is 1.85 bits per heavy atom. The maximum atomic E-state index is 13.5. The molecule has 0 fully saturated rings. The van der Waals surface area contributed by atoms with E-state index in [1.807, 2.05) is 30.4 Å². The second-order valence-electron chi connectivity index (χ2n) is 5.62. The highest BCUT2D eigenvalue weighted by atomic mass is 32.1. The molecule has 0 aliphatic rings. The minimum absolute atomic E-state index is 0.326. The van der Waals surface area contributed by atoms with Gasteiger partial charge in [0, 0.05) is 5.56 Å². The van der Waals surface area contributed by atoms with Crippen molar-refractivity contribution < 1.29 is 13.9 Å². The molecule has 0 aliphatic heterocycles. The molecule has 0 spiro atoms. The molecule has 0 amide bonds. The van der Waals surface area contributed by atoms with Crippen molar-refractivity contribution in [2.45, 2.75) is 0 Å². The van der Waals surface area contributed by atoms with Crippen molar-refractivity contribution >= 4 is 28.4 Å². The number of hydrogen-bond donors (Lipinski definition) is 0. The Balaban J connectivity index is 1.65. The van der Waals surface area contributed by atoms with Crippen LogP contribution in [0, 0.1) is 5.82 Å². The molecule has 0 radical (unpaired) electrons. The number of halogens is 1. The van der Waals surface area contributed by atoms with Gasteiger partial charge in [-0.05, 0) is 35.9 Å². The Morgan fingerprint density at radius 3 is 2.63 bits per heavy atom. The summed E-state index contributed by atoms with van der Waals surface area (Å²) >= 11 is 1.40. The van der Waals surface area contributed by atoms with Crippen molar-refractivity contribution in [3.63, 3.8) is 0 Å². The van der Waals surface area contributed by atoms with E-state index in [0.717, 1.165) is 10.6 Å². The lowest BCUT2D eigenvalue weighted by Gasteiger charge is -2.07. The summed E-state index contributed by atoms with van der Waals surface area (Å²) in [6.07, 6.45) is 3.81. The Kier molecular flexibility index (Phi) is 4.55. The lowest BCUT2D eigenvalue weighted by atomic mass is 10.2. The molecular formula is C19H15FN4O2S. The van der Waals surface area contributed by atoms with Crippen LogP contribution in [-0.4, -0.2) is 34.0 Å². The first-order valence-electron chi connectivity index (χ1n) is 8.06.